The molecule has 4 rings (SSSR count). The van der Waals surface area contributed by atoms with Crippen molar-refractivity contribution in [1.82, 2.24) is 0 Å². The van der Waals surface area contributed by atoms with Crippen LogP contribution < -0.4 is 0 Å². The lowest BCUT2D eigenvalue weighted by Crippen LogP contribution is -2.55. The molecular weight excluding hydrogens is 342 g/mol. The summed E-state index contributed by atoms with van der Waals surface area (Å²) in [7, 11) is 0. The van der Waals surface area contributed by atoms with Gasteiger partial charge in [-0.2, -0.15) is 0 Å². The molecular formula is C26H26NO+. The number of morpholine rings is 1. The van der Waals surface area contributed by atoms with Crippen LogP contribution in [0.2, 0.25) is 0 Å². The molecule has 1 heterocycles. The number of fused-ring (bicyclic) bond motifs is 1. The van der Waals surface area contributed by atoms with Crippen molar-refractivity contribution in [2.45, 2.75) is 0 Å². The van der Waals surface area contributed by atoms with Gasteiger partial charge in [0.1, 0.15) is 19.6 Å². The molecule has 0 atom stereocenters. The molecule has 0 bridgehead atoms. The van der Waals surface area contributed by atoms with E-state index in [0.717, 1.165) is 49.4 Å². The molecule has 2 heteroatoms. The maximum atomic E-state index is 5.62. The highest BCUT2D eigenvalue weighted by molar-refractivity contribution is 5.88. The zero-order valence-corrected chi connectivity index (χ0v) is 16.2. The first-order chi connectivity index (χ1) is 13.8. The molecule has 1 aliphatic heterocycles. The van der Waals surface area contributed by atoms with Crippen molar-refractivity contribution in [2.24, 2.45) is 0 Å². The van der Waals surface area contributed by atoms with Gasteiger partial charge in [0.2, 0.25) is 0 Å². The summed E-state index contributed by atoms with van der Waals surface area (Å²) in [6.07, 6.45) is 4.51. The highest BCUT2D eigenvalue weighted by atomic mass is 16.5. The lowest BCUT2D eigenvalue weighted by atomic mass is 10.1. The number of nitrogens with zero attached hydrogens (tertiary/aromatic N) is 1. The molecule has 28 heavy (non-hydrogen) atoms. The molecule has 0 radical (unpaired) electrons. The van der Waals surface area contributed by atoms with Crippen LogP contribution in [0.15, 0.2) is 78.9 Å². The lowest BCUT2D eigenvalue weighted by molar-refractivity contribution is -0.923. The van der Waals surface area contributed by atoms with Crippen LogP contribution in [0.4, 0.5) is 0 Å². The molecule has 0 unspecified atom stereocenters. The molecule has 0 spiro atoms. The fourth-order valence-electron chi connectivity index (χ4n) is 3.75. The number of ether oxygens (including phenoxy) is 1. The van der Waals surface area contributed by atoms with Crippen LogP contribution in [0.3, 0.4) is 0 Å². The Morgan fingerprint density at radius 1 is 0.857 bits per heavy atom. The Morgan fingerprint density at radius 2 is 1.61 bits per heavy atom. The Morgan fingerprint density at radius 3 is 2.46 bits per heavy atom. The van der Waals surface area contributed by atoms with Gasteiger partial charge >= 0.3 is 0 Å². The van der Waals surface area contributed by atoms with E-state index in [-0.39, 0.29) is 0 Å². The number of hydrogen-bond acceptors (Lipinski definition) is 1. The van der Waals surface area contributed by atoms with E-state index in [1.807, 2.05) is 0 Å². The van der Waals surface area contributed by atoms with Gasteiger partial charge in [-0.3, -0.25) is 0 Å². The van der Waals surface area contributed by atoms with Gasteiger partial charge in [-0.25, -0.2) is 0 Å². The molecule has 0 aromatic heterocycles. The first-order valence-corrected chi connectivity index (χ1v) is 9.96. The SMILES string of the molecule is C(#Cc1cccc2ccccc12)C[N+]1(CC=Cc2ccccc2)CCOCC1. The summed E-state index contributed by atoms with van der Waals surface area (Å²) in [5.41, 5.74) is 2.36. The van der Waals surface area contributed by atoms with Gasteiger partial charge in [0, 0.05) is 5.56 Å². The monoisotopic (exact) mass is 368 g/mol. The standard InChI is InChI=1S/C26H26NO/c1-2-9-23(10-3-1)11-7-17-27(19-21-28-22-20-27)18-8-15-25-14-6-13-24-12-4-5-16-26(24)25/h1-7,9-14,16H,17-22H2/q+1. The molecule has 0 N–H and O–H groups in total. The van der Waals surface area contributed by atoms with Crippen LogP contribution >= 0.6 is 0 Å². The summed E-state index contributed by atoms with van der Waals surface area (Å²) in [4.78, 5) is 0. The third kappa shape index (κ3) is 4.51. The number of benzene rings is 3. The van der Waals surface area contributed by atoms with Crippen molar-refractivity contribution >= 4 is 16.8 Å². The molecule has 3 aromatic rings. The summed E-state index contributed by atoms with van der Waals surface area (Å²) in [5.74, 6) is 6.92. The summed E-state index contributed by atoms with van der Waals surface area (Å²) in [6, 6.07) is 25.3. The number of rotatable bonds is 4. The third-order valence-electron chi connectivity index (χ3n) is 5.45. The Bertz CT molecular complexity index is 999. The topological polar surface area (TPSA) is 9.23 Å². The van der Waals surface area contributed by atoms with Crippen molar-refractivity contribution in [2.75, 3.05) is 39.4 Å². The predicted octanol–water partition coefficient (Wildman–Crippen LogP) is 4.75. The third-order valence-corrected chi connectivity index (χ3v) is 5.45. The first-order valence-electron chi connectivity index (χ1n) is 9.96. The predicted molar refractivity (Wildman–Crippen MR) is 117 cm³/mol. The van der Waals surface area contributed by atoms with Gasteiger partial charge in [0.15, 0.2) is 0 Å². The molecule has 2 nitrogen and oxygen atoms in total. The molecule has 1 saturated heterocycles. The van der Waals surface area contributed by atoms with Crippen LogP contribution in [0.5, 0.6) is 0 Å². The maximum Gasteiger partial charge on any atom is 0.141 e. The Kier molecular flexibility index (Phi) is 5.87. The minimum absolute atomic E-state index is 0.815. The van der Waals surface area contributed by atoms with Gasteiger partial charge < -0.3 is 9.22 Å². The van der Waals surface area contributed by atoms with Crippen molar-refractivity contribution in [3.05, 3.63) is 90.0 Å². The largest absolute Gasteiger partial charge is 0.370 e. The van der Waals surface area contributed by atoms with Crippen molar-refractivity contribution < 1.29 is 9.22 Å². The first kappa shape index (κ1) is 18.5. The van der Waals surface area contributed by atoms with Crippen LogP contribution in [-0.2, 0) is 4.74 Å². The van der Waals surface area contributed by atoms with Gasteiger partial charge in [0.05, 0.1) is 19.8 Å². The second-order valence-corrected chi connectivity index (χ2v) is 7.38. The molecule has 3 aromatic carbocycles. The second kappa shape index (κ2) is 8.89. The van der Waals surface area contributed by atoms with E-state index < -0.39 is 0 Å². The van der Waals surface area contributed by atoms with Crippen LogP contribution in [0, 0.1) is 11.8 Å². The van der Waals surface area contributed by atoms with E-state index in [0.29, 0.717) is 0 Å². The van der Waals surface area contributed by atoms with Gasteiger partial charge in [-0.1, -0.05) is 78.7 Å². The quantitative estimate of drug-likeness (QED) is 0.477. The van der Waals surface area contributed by atoms with E-state index in [1.165, 1.54) is 16.3 Å². The smallest absolute Gasteiger partial charge is 0.141 e. The molecule has 1 fully saturated rings. The lowest BCUT2D eigenvalue weighted by Gasteiger charge is -2.39. The van der Waals surface area contributed by atoms with E-state index in [1.54, 1.807) is 0 Å². The maximum absolute atomic E-state index is 5.62. The van der Waals surface area contributed by atoms with E-state index in [9.17, 15) is 0 Å². The summed E-state index contributed by atoms with van der Waals surface area (Å²) < 4.78 is 6.60. The molecule has 1 aliphatic rings. The summed E-state index contributed by atoms with van der Waals surface area (Å²) in [5, 5.41) is 2.48. The van der Waals surface area contributed by atoms with Crippen LogP contribution in [-0.4, -0.2) is 43.9 Å². The van der Waals surface area contributed by atoms with Gasteiger partial charge in [0.25, 0.3) is 0 Å². The van der Waals surface area contributed by atoms with E-state index in [2.05, 4.69) is 96.8 Å². The van der Waals surface area contributed by atoms with Crippen molar-refractivity contribution in [1.29, 1.82) is 0 Å². The summed E-state index contributed by atoms with van der Waals surface area (Å²) in [6.45, 7) is 5.51. The van der Waals surface area contributed by atoms with Gasteiger partial charge in [-0.15, -0.1) is 0 Å². The Labute approximate surface area is 167 Å². The molecule has 0 aliphatic carbocycles. The second-order valence-electron chi connectivity index (χ2n) is 7.38. The summed E-state index contributed by atoms with van der Waals surface area (Å²) >= 11 is 0. The zero-order chi connectivity index (χ0) is 19.1. The highest BCUT2D eigenvalue weighted by Crippen LogP contribution is 2.18. The van der Waals surface area contributed by atoms with E-state index >= 15 is 0 Å². The van der Waals surface area contributed by atoms with E-state index in [4.69, 9.17) is 4.74 Å². The number of hydrogen-bond donors (Lipinski definition) is 0. The average Bonchev–Trinajstić information content (AvgIpc) is 2.75. The van der Waals surface area contributed by atoms with Crippen molar-refractivity contribution in [3.63, 3.8) is 0 Å². The fourth-order valence-corrected chi connectivity index (χ4v) is 3.75. The normalized spacial score (nSPS) is 16.0. The molecule has 0 saturated carbocycles. The minimum Gasteiger partial charge on any atom is -0.370 e. The van der Waals surface area contributed by atoms with Crippen molar-refractivity contribution in [3.8, 4) is 11.8 Å². The minimum atomic E-state index is 0.815. The number of quaternary nitrogens is 1. The average molecular weight is 369 g/mol. The van der Waals surface area contributed by atoms with Gasteiger partial charge in [-0.05, 0) is 34.4 Å². The molecule has 140 valence electrons. The Balaban J connectivity index is 1.51. The molecule has 0 amide bonds. The van der Waals surface area contributed by atoms with Crippen LogP contribution in [0.25, 0.3) is 16.8 Å². The Hall–Kier alpha value is -2.86. The highest BCUT2D eigenvalue weighted by Gasteiger charge is 2.28. The van der Waals surface area contributed by atoms with Crippen LogP contribution in [0.1, 0.15) is 11.1 Å². The fraction of sp³-hybridized carbons (Fsp3) is 0.231. The zero-order valence-electron chi connectivity index (χ0n) is 16.2.